The fourth-order valence-corrected chi connectivity index (χ4v) is 1.65. The smallest absolute Gasteiger partial charge is 0.340 e. The summed E-state index contributed by atoms with van der Waals surface area (Å²) in [6.07, 6.45) is 0.607. The van der Waals surface area contributed by atoms with Gasteiger partial charge in [0.15, 0.2) is 0 Å². The zero-order valence-corrected chi connectivity index (χ0v) is 10.6. The van der Waals surface area contributed by atoms with Crippen LogP contribution in [0, 0.1) is 0 Å². The van der Waals surface area contributed by atoms with Crippen LogP contribution in [0.5, 0.6) is 0 Å². The van der Waals surface area contributed by atoms with Crippen molar-refractivity contribution in [3.05, 3.63) is 29.3 Å². The van der Waals surface area contributed by atoms with Crippen molar-refractivity contribution in [2.24, 2.45) is 0 Å². The van der Waals surface area contributed by atoms with E-state index in [0.717, 1.165) is 0 Å². The number of anilines is 1. The van der Waals surface area contributed by atoms with Gasteiger partial charge in [-0.15, -0.1) is 0 Å². The topological polar surface area (TPSA) is 78.6 Å². The number of carbonyl (C=O) groups excluding carboxylic acids is 2. The van der Waals surface area contributed by atoms with Crippen LogP contribution < -0.4 is 5.73 Å². The van der Waals surface area contributed by atoms with Crippen molar-refractivity contribution in [1.29, 1.82) is 0 Å². The molecule has 1 rings (SSSR count). The number of aryl methyl sites for hydroxylation is 1. The molecule has 0 spiro atoms. The fourth-order valence-electron chi connectivity index (χ4n) is 1.65. The average molecular weight is 251 g/mol. The van der Waals surface area contributed by atoms with Gasteiger partial charge in [0, 0.05) is 12.1 Å². The normalized spacial score (nSPS) is 9.89. The standard InChI is InChI=1S/C13H17NO4/c1-3-18-11(15)8-7-9-5-4-6-10(14)12(9)13(16)17-2/h4-6H,3,7-8,14H2,1-2H3. The van der Waals surface area contributed by atoms with Gasteiger partial charge in [-0.25, -0.2) is 4.79 Å². The number of nitrogens with two attached hydrogens (primary N) is 1. The summed E-state index contributed by atoms with van der Waals surface area (Å²) >= 11 is 0. The molecule has 0 heterocycles. The van der Waals surface area contributed by atoms with E-state index in [0.29, 0.717) is 29.8 Å². The molecule has 0 aromatic heterocycles. The molecule has 0 saturated carbocycles. The Morgan fingerprint density at radius 2 is 2.06 bits per heavy atom. The predicted octanol–water partition coefficient (Wildman–Crippen LogP) is 1.55. The van der Waals surface area contributed by atoms with Crippen molar-refractivity contribution in [3.8, 4) is 0 Å². The van der Waals surface area contributed by atoms with Crippen molar-refractivity contribution in [2.75, 3.05) is 19.5 Å². The van der Waals surface area contributed by atoms with Crippen LogP contribution in [0.3, 0.4) is 0 Å². The molecular weight excluding hydrogens is 234 g/mol. The van der Waals surface area contributed by atoms with Crippen LogP contribution in [0.25, 0.3) is 0 Å². The van der Waals surface area contributed by atoms with E-state index < -0.39 is 5.97 Å². The Kier molecular flexibility index (Phi) is 5.17. The molecule has 0 amide bonds. The van der Waals surface area contributed by atoms with Crippen molar-refractivity contribution in [2.45, 2.75) is 19.8 Å². The molecule has 5 heteroatoms. The average Bonchev–Trinajstić information content (AvgIpc) is 2.36. The number of ether oxygens (including phenoxy) is 2. The number of hydrogen-bond acceptors (Lipinski definition) is 5. The van der Waals surface area contributed by atoms with Crippen molar-refractivity contribution >= 4 is 17.6 Å². The molecule has 98 valence electrons. The first-order valence-electron chi connectivity index (χ1n) is 5.71. The lowest BCUT2D eigenvalue weighted by Crippen LogP contribution is -2.11. The van der Waals surface area contributed by atoms with Crippen LogP contribution in [-0.2, 0) is 20.7 Å². The zero-order chi connectivity index (χ0) is 13.5. The van der Waals surface area contributed by atoms with Crippen LogP contribution in [0.2, 0.25) is 0 Å². The molecular formula is C13H17NO4. The molecule has 0 bridgehead atoms. The molecule has 0 aliphatic carbocycles. The summed E-state index contributed by atoms with van der Waals surface area (Å²) < 4.78 is 9.51. The van der Waals surface area contributed by atoms with Gasteiger partial charge < -0.3 is 15.2 Å². The zero-order valence-electron chi connectivity index (χ0n) is 10.6. The highest BCUT2D eigenvalue weighted by Gasteiger charge is 2.16. The van der Waals surface area contributed by atoms with Gasteiger partial charge in [-0.3, -0.25) is 4.79 Å². The summed E-state index contributed by atoms with van der Waals surface area (Å²) in [4.78, 5) is 22.9. The van der Waals surface area contributed by atoms with E-state index in [-0.39, 0.29) is 12.4 Å². The van der Waals surface area contributed by atoms with E-state index in [2.05, 4.69) is 4.74 Å². The number of esters is 2. The van der Waals surface area contributed by atoms with Crippen LogP contribution in [-0.4, -0.2) is 25.7 Å². The van der Waals surface area contributed by atoms with Crippen LogP contribution in [0.1, 0.15) is 29.3 Å². The second-order valence-corrected chi connectivity index (χ2v) is 3.68. The lowest BCUT2D eigenvalue weighted by molar-refractivity contribution is -0.143. The third-order valence-corrected chi connectivity index (χ3v) is 2.48. The predicted molar refractivity (Wildman–Crippen MR) is 67.1 cm³/mol. The highest BCUT2D eigenvalue weighted by atomic mass is 16.5. The summed E-state index contributed by atoms with van der Waals surface area (Å²) in [5.41, 5.74) is 7.11. The SMILES string of the molecule is CCOC(=O)CCc1cccc(N)c1C(=O)OC. The van der Waals surface area contributed by atoms with Gasteiger partial charge in [0.25, 0.3) is 0 Å². The maximum Gasteiger partial charge on any atom is 0.340 e. The van der Waals surface area contributed by atoms with E-state index in [1.165, 1.54) is 7.11 Å². The molecule has 0 atom stereocenters. The van der Waals surface area contributed by atoms with E-state index in [1.54, 1.807) is 25.1 Å². The first-order chi connectivity index (χ1) is 8.60. The molecule has 0 aliphatic heterocycles. The lowest BCUT2D eigenvalue weighted by Gasteiger charge is -2.10. The number of benzene rings is 1. The number of carbonyl (C=O) groups is 2. The van der Waals surface area contributed by atoms with Crippen molar-refractivity contribution in [1.82, 2.24) is 0 Å². The summed E-state index contributed by atoms with van der Waals surface area (Å²) in [5, 5.41) is 0. The third kappa shape index (κ3) is 3.48. The molecule has 2 N–H and O–H groups in total. The molecule has 1 aromatic rings. The van der Waals surface area contributed by atoms with Crippen LogP contribution in [0.15, 0.2) is 18.2 Å². The monoisotopic (exact) mass is 251 g/mol. The van der Waals surface area contributed by atoms with E-state index in [4.69, 9.17) is 10.5 Å². The Morgan fingerprint density at radius 1 is 1.33 bits per heavy atom. The Morgan fingerprint density at radius 3 is 2.67 bits per heavy atom. The molecule has 18 heavy (non-hydrogen) atoms. The van der Waals surface area contributed by atoms with Crippen LogP contribution in [0.4, 0.5) is 5.69 Å². The molecule has 0 radical (unpaired) electrons. The summed E-state index contributed by atoms with van der Waals surface area (Å²) in [6.45, 7) is 2.10. The van der Waals surface area contributed by atoms with Gasteiger partial charge >= 0.3 is 11.9 Å². The number of hydrogen-bond donors (Lipinski definition) is 1. The van der Waals surface area contributed by atoms with Crippen LogP contribution >= 0.6 is 0 Å². The number of nitrogen functional groups attached to an aromatic ring is 1. The third-order valence-electron chi connectivity index (χ3n) is 2.48. The highest BCUT2D eigenvalue weighted by molar-refractivity contribution is 5.96. The van der Waals surface area contributed by atoms with Gasteiger partial charge in [0.1, 0.15) is 0 Å². The molecule has 0 fully saturated rings. The van der Waals surface area contributed by atoms with Gasteiger partial charge in [-0.1, -0.05) is 12.1 Å². The van der Waals surface area contributed by atoms with Gasteiger partial charge in [0.2, 0.25) is 0 Å². The molecule has 5 nitrogen and oxygen atoms in total. The quantitative estimate of drug-likeness (QED) is 0.634. The minimum Gasteiger partial charge on any atom is -0.466 e. The summed E-state index contributed by atoms with van der Waals surface area (Å²) in [6, 6.07) is 5.12. The molecule has 0 aliphatic rings. The summed E-state index contributed by atoms with van der Waals surface area (Å²) in [5.74, 6) is -0.789. The van der Waals surface area contributed by atoms with E-state index in [1.807, 2.05) is 0 Å². The van der Waals surface area contributed by atoms with Crippen molar-refractivity contribution in [3.63, 3.8) is 0 Å². The second-order valence-electron chi connectivity index (χ2n) is 3.68. The largest absolute Gasteiger partial charge is 0.466 e. The number of rotatable bonds is 5. The van der Waals surface area contributed by atoms with Gasteiger partial charge in [0.05, 0.1) is 19.3 Å². The Labute approximate surface area is 106 Å². The maximum atomic E-state index is 11.6. The van der Waals surface area contributed by atoms with Gasteiger partial charge in [-0.05, 0) is 25.0 Å². The van der Waals surface area contributed by atoms with Gasteiger partial charge in [-0.2, -0.15) is 0 Å². The number of methoxy groups -OCH3 is 1. The fraction of sp³-hybridized carbons (Fsp3) is 0.385. The second kappa shape index (κ2) is 6.64. The molecule has 0 saturated heterocycles. The Balaban J connectivity index is 2.85. The van der Waals surface area contributed by atoms with E-state index in [9.17, 15) is 9.59 Å². The Hall–Kier alpha value is -2.04. The maximum absolute atomic E-state index is 11.6. The first-order valence-corrected chi connectivity index (χ1v) is 5.71. The highest BCUT2D eigenvalue weighted by Crippen LogP contribution is 2.19. The first kappa shape index (κ1) is 14.0. The molecule has 1 aromatic carbocycles. The molecule has 0 unspecified atom stereocenters. The lowest BCUT2D eigenvalue weighted by atomic mass is 10.0. The minimum atomic E-state index is -0.494. The van der Waals surface area contributed by atoms with Crippen molar-refractivity contribution < 1.29 is 19.1 Å². The Bertz CT molecular complexity index is 443. The minimum absolute atomic E-state index is 0.210. The summed E-state index contributed by atoms with van der Waals surface area (Å²) in [7, 11) is 1.30. The van der Waals surface area contributed by atoms with E-state index >= 15 is 0 Å².